The van der Waals surface area contributed by atoms with Gasteiger partial charge in [0.1, 0.15) is 0 Å². The molecule has 0 saturated heterocycles. The number of methoxy groups -OCH3 is 2. The monoisotopic (exact) mass is 484 g/mol. The number of carbonyl (C=O) groups excluding carboxylic acids is 1. The predicted molar refractivity (Wildman–Crippen MR) is 123 cm³/mol. The number of nitrogens with zero attached hydrogens (tertiary/aromatic N) is 4. The normalized spacial score (nSPS) is 10.9. The number of rotatable bonds is 9. The van der Waals surface area contributed by atoms with Crippen LogP contribution in [0.1, 0.15) is 18.7 Å². The van der Waals surface area contributed by atoms with Crippen molar-refractivity contribution in [3.63, 3.8) is 0 Å². The van der Waals surface area contributed by atoms with Crippen LogP contribution in [-0.2, 0) is 22.7 Å². The van der Waals surface area contributed by atoms with Crippen molar-refractivity contribution in [3.05, 3.63) is 64.0 Å². The first-order valence-electron chi connectivity index (χ1n) is 10.3. The van der Waals surface area contributed by atoms with Crippen molar-refractivity contribution in [1.29, 1.82) is 0 Å². The zero-order chi connectivity index (χ0) is 24.1. The van der Waals surface area contributed by atoms with Gasteiger partial charge < -0.3 is 18.6 Å². The minimum absolute atomic E-state index is 0.106. The first-order valence-corrected chi connectivity index (χ1v) is 10.7. The Morgan fingerprint density at radius 3 is 2.56 bits per heavy atom. The van der Waals surface area contributed by atoms with Crippen LogP contribution in [0.15, 0.2) is 51.9 Å². The van der Waals surface area contributed by atoms with Gasteiger partial charge in [-0.3, -0.25) is 14.2 Å². The number of fused-ring (bicyclic) bond motifs is 1. The quantitative estimate of drug-likeness (QED) is 0.328. The molecule has 0 unspecified atom stereocenters. The van der Waals surface area contributed by atoms with Gasteiger partial charge in [0.2, 0.25) is 5.89 Å². The first-order chi connectivity index (χ1) is 16.5. The van der Waals surface area contributed by atoms with E-state index >= 15 is 0 Å². The van der Waals surface area contributed by atoms with Crippen molar-refractivity contribution in [2.24, 2.45) is 0 Å². The number of ether oxygens (including phenoxy) is 3. The molecule has 0 atom stereocenters. The molecule has 0 N–H and O–H groups in total. The van der Waals surface area contributed by atoms with Crippen LogP contribution in [0.4, 0.5) is 0 Å². The molecule has 0 saturated carbocycles. The van der Waals surface area contributed by atoms with E-state index in [9.17, 15) is 9.59 Å². The van der Waals surface area contributed by atoms with E-state index in [-0.39, 0.29) is 24.5 Å². The van der Waals surface area contributed by atoms with Crippen LogP contribution in [-0.4, -0.2) is 39.9 Å². The SMILES string of the molecule is COc1cc2ncn(CCCC(=O)OCc3nnc(-c4ccc(Cl)cc4)o3)c(=O)c2cc1OC. The van der Waals surface area contributed by atoms with E-state index in [4.69, 9.17) is 30.2 Å². The molecule has 2 aromatic heterocycles. The molecule has 176 valence electrons. The van der Waals surface area contributed by atoms with Gasteiger partial charge in [0.25, 0.3) is 11.4 Å². The number of carbonyl (C=O) groups is 1. The Hall–Kier alpha value is -3.92. The molecule has 0 radical (unpaired) electrons. The number of aromatic nitrogens is 4. The topological polar surface area (TPSA) is 119 Å². The molecule has 4 rings (SSSR count). The lowest BCUT2D eigenvalue weighted by molar-refractivity contribution is -0.145. The maximum Gasteiger partial charge on any atom is 0.306 e. The van der Waals surface area contributed by atoms with E-state index in [2.05, 4.69) is 15.2 Å². The summed E-state index contributed by atoms with van der Waals surface area (Å²) in [5, 5.41) is 8.82. The number of aryl methyl sites for hydroxylation is 1. The number of hydrogen-bond donors (Lipinski definition) is 0. The smallest absolute Gasteiger partial charge is 0.306 e. The zero-order valence-electron chi connectivity index (χ0n) is 18.5. The second kappa shape index (κ2) is 10.3. The third kappa shape index (κ3) is 5.18. The Morgan fingerprint density at radius 2 is 1.82 bits per heavy atom. The van der Waals surface area contributed by atoms with E-state index in [1.807, 2.05) is 0 Å². The summed E-state index contributed by atoms with van der Waals surface area (Å²) in [6.45, 7) is 0.158. The summed E-state index contributed by atoms with van der Waals surface area (Å²) in [6.07, 6.45) is 1.94. The van der Waals surface area contributed by atoms with Gasteiger partial charge >= 0.3 is 5.97 Å². The molecular weight excluding hydrogens is 464 g/mol. The average Bonchev–Trinajstić information content (AvgIpc) is 3.33. The lowest BCUT2D eigenvalue weighted by Gasteiger charge is -2.10. The number of benzene rings is 2. The molecule has 0 amide bonds. The van der Waals surface area contributed by atoms with Crippen molar-refractivity contribution < 1.29 is 23.4 Å². The fraction of sp³-hybridized carbons (Fsp3) is 0.261. The molecule has 0 spiro atoms. The molecule has 0 aliphatic heterocycles. The lowest BCUT2D eigenvalue weighted by Crippen LogP contribution is -2.21. The first kappa shape index (κ1) is 23.2. The summed E-state index contributed by atoms with van der Waals surface area (Å²) < 4.78 is 22.7. The van der Waals surface area contributed by atoms with Gasteiger partial charge in [-0.2, -0.15) is 0 Å². The zero-order valence-corrected chi connectivity index (χ0v) is 19.2. The Morgan fingerprint density at radius 1 is 1.09 bits per heavy atom. The van der Waals surface area contributed by atoms with Gasteiger partial charge in [0.05, 0.1) is 31.4 Å². The van der Waals surface area contributed by atoms with Gasteiger partial charge in [0.15, 0.2) is 18.1 Å². The molecule has 2 aromatic carbocycles. The molecule has 0 aliphatic carbocycles. The maximum atomic E-state index is 12.8. The van der Waals surface area contributed by atoms with E-state index in [1.54, 1.807) is 36.4 Å². The van der Waals surface area contributed by atoms with Crippen LogP contribution in [0.3, 0.4) is 0 Å². The van der Waals surface area contributed by atoms with Crippen LogP contribution < -0.4 is 15.0 Å². The van der Waals surface area contributed by atoms with Crippen molar-refractivity contribution in [2.45, 2.75) is 26.0 Å². The van der Waals surface area contributed by atoms with Gasteiger partial charge in [-0.1, -0.05) is 11.6 Å². The fourth-order valence-corrected chi connectivity index (χ4v) is 3.40. The maximum absolute atomic E-state index is 12.8. The van der Waals surface area contributed by atoms with Gasteiger partial charge in [-0.05, 0) is 36.8 Å². The summed E-state index contributed by atoms with van der Waals surface area (Å²) in [7, 11) is 3.01. The van der Waals surface area contributed by atoms with Gasteiger partial charge in [-0.15, -0.1) is 10.2 Å². The molecule has 10 nitrogen and oxygen atoms in total. The lowest BCUT2D eigenvalue weighted by atomic mass is 10.2. The highest BCUT2D eigenvalue weighted by molar-refractivity contribution is 6.30. The van der Waals surface area contributed by atoms with Crippen molar-refractivity contribution >= 4 is 28.5 Å². The van der Waals surface area contributed by atoms with Crippen LogP contribution in [0.25, 0.3) is 22.4 Å². The highest BCUT2D eigenvalue weighted by Gasteiger charge is 2.13. The predicted octanol–water partition coefficient (Wildman–Crippen LogP) is 3.64. The molecule has 4 aromatic rings. The number of esters is 1. The largest absolute Gasteiger partial charge is 0.493 e. The Balaban J connectivity index is 1.31. The van der Waals surface area contributed by atoms with Crippen LogP contribution in [0, 0.1) is 0 Å². The average molecular weight is 485 g/mol. The van der Waals surface area contributed by atoms with Crippen LogP contribution in [0.5, 0.6) is 11.5 Å². The van der Waals surface area contributed by atoms with Crippen molar-refractivity contribution in [1.82, 2.24) is 19.7 Å². The van der Waals surface area contributed by atoms with Crippen LogP contribution in [0.2, 0.25) is 5.02 Å². The van der Waals surface area contributed by atoms with E-state index in [0.717, 1.165) is 0 Å². The van der Waals surface area contributed by atoms with Gasteiger partial charge in [-0.25, -0.2) is 4.98 Å². The van der Waals surface area contributed by atoms with Crippen LogP contribution >= 0.6 is 11.6 Å². The highest BCUT2D eigenvalue weighted by atomic mass is 35.5. The Kier molecular flexibility index (Phi) is 7.07. The van der Waals surface area contributed by atoms with E-state index in [1.165, 1.54) is 25.1 Å². The summed E-state index contributed by atoms with van der Waals surface area (Å²) in [4.78, 5) is 29.2. The summed E-state index contributed by atoms with van der Waals surface area (Å²) in [5.74, 6) is 0.969. The molecule has 0 fully saturated rings. The van der Waals surface area contributed by atoms with Gasteiger partial charge in [0, 0.05) is 29.6 Å². The third-order valence-corrected chi connectivity index (χ3v) is 5.28. The molecule has 2 heterocycles. The minimum Gasteiger partial charge on any atom is -0.493 e. The van der Waals surface area contributed by atoms with E-state index in [0.29, 0.717) is 51.8 Å². The third-order valence-electron chi connectivity index (χ3n) is 5.02. The second-order valence-corrected chi connectivity index (χ2v) is 7.68. The molecule has 0 bridgehead atoms. The highest BCUT2D eigenvalue weighted by Crippen LogP contribution is 2.29. The molecule has 34 heavy (non-hydrogen) atoms. The van der Waals surface area contributed by atoms with E-state index < -0.39 is 5.97 Å². The molecule has 11 heteroatoms. The minimum atomic E-state index is -0.445. The van der Waals surface area contributed by atoms with Crippen molar-refractivity contribution in [3.8, 4) is 23.0 Å². The fourth-order valence-electron chi connectivity index (χ4n) is 3.27. The standard InChI is InChI=1S/C23H21ClN4O6/c1-31-18-10-16-17(11-19(18)32-2)25-13-28(23(16)30)9-3-4-21(29)33-12-20-26-27-22(34-20)14-5-7-15(24)8-6-14/h5-8,10-11,13H,3-4,9,12H2,1-2H3. The number of halogens is 1. The summed E-state index contributed by atoms with van der Waals surface area (Å²) in [6, 6.07) is 10.2. The summed E-state index contributed by atoms with van der Waals surface area (Å²) >= 11 is 5.87. The molecular formula is C23H21ClN4O6. The van der Waals surface area contributed by atoms with Crippen molar-refractivity contribution in [2.75, 3.05) is 14.2 Å². The molecule has 0 aliphatic rings. The Bertz CT molecular complexity index is 1370. The number of hydrogen-bond acceptors (Lipinski definition) is 9. The summed E-state index contributed by atoms with van der Waals surface area (Å²) in [5.41, 5.74) is 0.968. The Labute approximate surface area is 199 Å². The second-order valence-electron chi connectivity index (χ2n) is 7.24.